The number of hydrogen-bond acceptors (Lipinski definition) is 5. The van der Waals surface area contributed by atoms with E-state index in [2.05, 4.69) is 20.8 Å². The Bertz CT molecular complexity index is 638. The first-order valence-corrected chi connectivity index (χ1v) is 6.01. The van der Waals surface area contributed by atoms with Crippen LogP contribution in [0.2, 0.25) is 0 Å². The van der Waals surface area contributed by atoms with Gasteiger partial charge in [-0.25, -0.2) is 0 Å². The molecule has 114 valence electrons. The van der Waals surface area contributed by atoms with Gasteiger partial charge in [0.2, 0.25) is 0 Å². The molecule has 0 aromatic carbocycles. The van der Waals surface area contributed by atoms with Gasteiger partial charge in [-0.15, -0.1) is 10.2 Å². The van der Waals surface area contributed by atoms with Gasteiger partial charge in [0.05, 0.1) is 18.0 Å². The third-order valence-electron chi connectivity index (χ3n) is 2.87. The van der Waals surface area contributed by atoms with Crippen LogP contribution in [0.5, 0.6) is 0 Å². The molecule has 6 nitrogen and oxygen atoms in total. The molecule has 0 aliphatic carbocycles. The first-order valence-electron chi connectivity index (χ1n) is 6.01. The molecule has 0 saturated carbocycles. The molecular formula is C12H14F3N5O. The van der Waals surface area contributed by atoms with Crippen LogP contribution in [-0.2, 0) is 19.8 Å². The molecule has 2 aromatic rings. The summed E-state index contributed by atoms with van der Waals surface area (Å²) in [6.07, 6.45) is -2.88. The highest BCUT2D eigenvalue weighted by molar-refractivity contribution is 5.62. The number of nitrogens with zero attached hydrogens (tertiary/aromatic N) is 3. The van der Waals surface area contributed by atoms with Crippen molar-refractivity contribution < 1.29 is 18.3 Å². The molecular weight excluding hydrogens is 287 g/mol. The Morgan fingerprint density at radius 1 is 1.29 bits per heavy atom. The molecule has 0 aliphatic heterocycles. The van der Waals surface area contributed by atoms with Crippen molar-refractivity contribution in [2.75, 3.05) is 17.7 Å². The van der Waals surface area contributed by atoms with Crippen molar-refractivity contribution in [1.29, 1.82) is 0 Å². The van der Waals surface area contributed by atoms with Crippen LogP contribution >= 0.6 is 0 Å². The van der Waals surface area contributed by atoms with E-state index in [1.54, 1.807) is 23.9 Å². The number of aromatic nitrogens is 3. The molecule has 0 saturated heterocycles. The van der Waals surface area contributed by atoms with E-state index in [1.807, 2.05) is 0 Å². The molecule has 0 radical (unpaired) electrons. The van der Waals surface area contributed by atoms with Crippen LogP contribution < -0.4 is 10.6 Å². The molecule has 0 fully saturated rings. The summed E-state index contributed by atoms with van der Waals surface area (Å²) in [5, 5.41) is 21.1. The average molecular weight is 301 g/mol. The van der Waals surface area contributed by atoms with Crippen LogP contribution in [-0.4, -0.2) is 26.9 Å². The fourth-order valence-corrected chi connectivity index (χ4v) is 1.84. The third kappa shape index (κ3) is 3.24. The van der Waals surface area contributed by atoms with Gasteiger partial charge in [-0.05, 0) is 6.07 Å². The zero-order valence-electron chi connectivity index (χ0n) is 11.4. The Balaban J connectivity index is 2.28. The van der Waals surface area contributed by atoms with E-state index in [0.29, 0.717) is 11.4 Å². The highest BCUT2D eigenvalue weighted by atomic mass is 19.4. The lowest BCUT2D eigenvalue weighted by atomic mass is 10.3. The minimum absolute atomic E-state index is 0.140. The van der Waals surface area contributed by atoms with Crippen LogP contribution in [0.3, 0.4) is 0 Å². The zero-order valence-corrected chi connectivity index (χ0v) is 11.4. The maximum Gasteiger partial charge on any atom is 0.437 e. The van der Waals surface area contributed by atoms with Crippen molar-refractivity contribution in [3.63, 3.8) is 0 Å². The minimum atomic E-state index is -4.57. The van der Waals surface area contributed by atoms with Crippen molar-refractivity contribution in [3.05, 3.63) is 29.7 Å². The van der Waals surface area contributed by atoms with Gasteiger partial charge < -0.3 is 20.3 Å². The predicted octanol–water partition coefficient (Wildman–Crippen LogP) is 2.11. The highest BCUT2D eigenvalue weighted by Gasteiger charge is 2.36. The summed E-state index contributed by atoms with van der Waals surface area (Å²) in [5.41, 5.74) is 0.0156. The number of aliphatic hydroxyl groups excluding tert-OH is 1. The lowest BCUT2D eigenvalue weighted by molar-refractivity contribution is -0.141. The number of aryl methyl sites for hydroxylation is 1. The number of hydrogen-bond donors (Lipinski definition) is 3. The monoisotopic (exact) mass is 301 g/mol. The molecule has 0 unspecified atom stereocenters. The highest BCUT2D eigenvalue weighted by Crippen LogP contribution is 2.33. The maximum atomic E-state index is 12.7. The summed E-state index contributed by atoms with van der Waals surface area (Å²) >= 11 is 0. The van der Waals surface area contributed by atoms with Crippen molar-refractivity contribution in [3.8, 4) is 0 Å². The topological polar surface area (TPSA) is 75.0 Å². The summed E-state index contributed by atoms with van der Waals surface area (Å²) in [4.78, 5) is 0. The van der Waals surface area contributed by atoms with E-state index in [9.17, 15) is 13.2 Å². The average Bonchev–Trinajstić information content (AvgIpc) is 2.77. The third-order valence-corrected chi connectivity index (χ3v) is 2.87. The SMILES string of the molecule is CNc1cc(Nc2cc(CO)n(C)c2)nnc1C(F)(F)F. The van der Waals surface area contributed by atoms with E-state index in [1.165, 1.54) is 13.1 Å². The summed E-state index contributed by atoms with van der Waals surface area (Å²) in [5.74, 6) is 0.169. The first kappa shape index (κ1) is 15.1. The minimum Gasteiger partial charge on any atom is -0.390 e. The zero-order chi connectivity index (χ0) is 15.6. The van der Waals surface area contributed by atoms with E-state index < -0.39 is 11.9 Å². The van der Waals surface area contributed by atoms with Crippen molar-refractivity contribution >= 4 is 17.2 Å². The van der Waals surface area contributed by atoms with E-state index in [4.69, 9.17) is 5.11 Å². The number of anilines is 3. The Morgan fingerprint density at radius 2 is 2.00 bits per heavy atom. The Morgan fingerprint density at radius 3 is 2.52 bits per heavy atom. The fourth-order valence-electron chi connectivity index (χ4n) is 1.84. The van der Waals surface area contributed by atoms with Crippen molar-refractivity contribution in [2.45, 2.75) is 12.8 Å². The van der Waals surface area contributed by atoms with Gasteiger partial charge in [0, 0.05) is 32.1 Å². The van der Waals surface area contributed by atoms with E-state index in [-0.39, 0.29) is 18.1 Å². The Labute approximate surface area is 118 Å². The molecule has 2 aromatic heterocycles. The summed E-state index contributed by atoms with van der Waals surface area (Å²) in [6.45, 7) is -0.140. The summed E-state index contributed by atoms with van der Waals surface area (Å²) in [7, 11) is 3.12. The van der Waals surface area contributed by atoms with Gasteiger partial charge in [-0.1, -0.05) is 0 Å². The molecule has 3 N–H and O–H groups in total. The molecule has 21 heavy (non-hydrogen) atoms. The summed E-state index contributed by atoms with van der Waals surface area (Å²) in [6, 6.07) is 2.89. The number of aliphatic hydroxyl groups is 1. The van der Waals surface area contributed by atoms with Gasteiger partial charge in [0.25, 0.3) is 0 Å². The molecule has 0 aliphatic rings. The van der Waals surface area contributed by atoms with Crippen LogP contribution in [0.15, 0.2) is 18.3 Å². The normalized spacial score (nSPS) is 11.5. The second kappa shape index (κ2) is 5.60. The standard InChI is InChI=1S/C12H14F3N5O/c1-16-9-4-10(18-19-11(9)12(13,14)15)17-7-3-8(6-21)20(2)5-7/h3-5,21H,6H2,1-2H3,(H2,16,17,18). The number of halogens is 3. The molecule has 9 heteroatoms. The van der Waals surface area contributed by atoms with E-state index >= 15 is 0 Å². The summed E-state index contributed by atoms with van der Waals surface area (Å²) < 4.78 is 39.8. The van der Waals surface area contributed by atoms with E-state index in [0.717, 1.165) is 0 Å². The Hall–Kier alpha value is -2.29. The van der Waals surface area contributed by atoms with Gasteiger partial charge >= 0.3 is 6.18 Å². The first-order chi connectivity index (χ1) is 9.85. The quantitative estimate of drug-likeness (QED) is 0.806. The molecule has 2 heterocycles. The fraction of sp³-hybridized carbons (Fsp3) is 0.333. The van der Waals surface area contributed by atoms with Crippen LogP contribution in [0.25, 0.3) is 0 Å². The number of alkyl halides is 3. The molecule has 2 rings (SSSR count). The van der Waals surface area contributed by atoms with Crippen LogP contribution in [0.4, 0.5) is 30.4 Å². The lowest BCUT2D eigenvalue weighted by Crippen LogP contribution is -2.13. The predicted molar refractivity (Wildman–Crippen MR) is 71.2 cm³/mol. The van der Waals surface area contributed by atoms with Gasteiger partial charge in [-0.2, -0.15) is 13.2 Å². The number of rotatable bonds is 4. The second-order valence-corrected chi connectivity index (χ2v) is 4.35. The van der Waals surface area contributed by atoms with Crippen molar-refractivity contribution in [1.82, 2.24) is 14.8 Å². The largest absolute Gasteiger partial charge is 0.437 e. The molecule has 0 bridgehead atoms. The lowest BCUT2D eigenvalue weighted by Gasteiger charge is -2.12. The maximum absolute atomic E-state index is 12.7. The second-order valence-electron chi connectivity index (χ2n) is 4.35. The van der Waals surface area contributed by atoms with Crippen molar-refractivity contribution in [2.24, 2.45) is 7.05 Å². The van der Waals surface area contributed by atoms with Gasteiger partial charge in [-0.3, -0.25) is 0 Å². The van der Waals surface area contributed by atoms with Gasteiger partial charge in [0.1, 0.15) is 0 Å². The molecule has 0 amide bonds. The molecule has 0 spiro atoms. The smallest absolute Gasteiger partial charge is 0.390 e. The van der Waals surface area contributed by atoms with Crippen LogP contribution in [0, 0.1) is 0 Å². The van der Waals surface area contributed by atoms with Crippen LogP contribution in [0.1, 0.15) is 11.4 Å². The molecule has 0 atom stereocenters. The number of nitrogens with one attached hydrogen (secondary N) is 2. The van der Waals surface area contributed by atoms with Gasteiger partial charge in [0.15, 0.2) is 11.5 Å². The Kier molecular flexibility index (Phi) is 4.03.